The van der Waals surface area contributed by atoms with Crippen molar-refractivity contribution in [2.75, 3.05) is 13.7 Å². The normalized spacial score (nSPS) is 10.8. The number of nitrogens with zero attached hydrogens (tertiary/aromatic N) is 1. The molecule has 2 aromatic rings. The molecule has 0 bridgehead atoms. The highest BCUT2D eigenvalue weighted by molar-refractivity contribution is 14.0. The van der Waals surface area contributed by atoms with Gasteiger partial charge in [-0.15, -0.1) is 24.0 Å². The number of aliphatic imine (C=N–C) groups is 1. The van der Waals surface area contributed by atoms with Crippen LogP contribution < -0.4 is 10.6 Å². The standard InChI is InChI=1S/C19H25N3O.HI/c1-3-20-19(21-13-16-8-5-4-6-9-16)22-14-17-10-7-11-18(12-17)15-23-2;/h4-12H,3,13-15H2,1-2H3,(H2,20,21,22);1H. The molecule has 0 atom stereocenters. The smallest absolute Gasteiger partial charge is 0.191 e. The van der Waals surface area contributed by atoms with Gasteiger partial charge in [-0.2, -0.15) is 0 Å². The van der Waals surface area contributed by atoms with Crippen molar-refractivity contribution in [3.8, 4) is 0 Å². The lowest BCUT2D eigenvalue weighted by Crippen LogP contribution is -2.36. The lowest BCUT2D eigenvalue weighted by Gasteiger charge is -2.11. The van der Waals surface area contributed by atoms with Crippen molar-refractivity contribution in [2.45, 2.75) is 26.6 Å². The topological polar surface area (TPSA) is 45.7 Å². The number of halogens is 1. The van der Waals surface area contributed by atoms with Crippen molar-refractivity contribution in [1.29, 1.82) is 0 Å². The van der Waals surface area contributed by atoms with E-state index in [2.05, 4.69) is 52.9 Å². The van der Waals surface area contributed by atoms with Crippen LogP contribution in [0.2, 0.25) is 0 Å². The first-order valence-corrected chi connectivity index (χ1v) is 7.94. The van der Waals surface area contributed by atoms with Crippen LogP contribution in [0, 0.1) is 0 Å². The van der Waals surface area contributed by atoms with Crippen LogP contribution in [0.5, 0.6) is 0 Å². The van der Waals surface area contributed by atoms with Gasteiger partial charge in [-0.3, -0.25) is 0 Å². The first-order valence-electron chi connectivity index (χ1n) is 7.94. The average molecular weight is 439 g/mol. The van der Waals surface area contributed by atoms with Crippen molar-refractivity contribution in [3.63, 3.8) is 0 Å². The zero-order valence-corrected chi connectivity index (χ0v) is 16.6. The molecule has 0 unspecified atom stereocenters. The van der Waals surface area contributed by atoms with Gasteiger partial charge >= 0.3 is 0 Å². The van der Waals surface area contributed by atoms with Gasteiger partial charge in [0.05, 0.1) is 13.2 Å². The maximum atomic E-state index is 5.17. The molecule has 24 heavy (non-hydrogen) atoms. The predicted molar refractivity (Wildman–Crippen MR) is 111 cm³/mol. The van der Waals surface area contributed by atoms with Crippen molar-refractivity contribution in [3.05, 3.63) is 71.3 Å². The second kappa shape index (κ2) is 11.9. The molecule has 0 aliphatic rings. The molecular formula is C19H26IN3O. The van der Waals surface area contributed by atoms with Crippen molar-refractivity contribution >= 4 is 29.9 Å². The SMILES string of the molecule is CCNC(=NCc1cccc(COC)c1)NCc1ccccc1.I. The van der Waals surface area contributed by atoms with E-state index in [4.69, 9.17) is 4.74 Å². The zero-order valence-electron chi connectivity index (χ0n) is 14.3. The molecular weight excluding hydrogens is 413 g/mol. The number of ether oxygens (including phenoxy) is 1. The molecule has 2 N–H and O–H groups in total. The number of hydrogen-bond acceptors (Lipinski definition) is 2. The van der Waals surface area contributed by atoms with Gasteiger partial charge in [-0.25, -0.2) is 4.99 Å². The molecule has 130 valence electrons. The second-order valence-corrected chi connectivity index (χ2v) is 5.29. The third kappa shape index (κ3) is 7.31. The average Bonchev–Trinajstić information content (AvgIpc) is 2.59. The number of benzene rings is 2. The van der Waals surface area contributed by atoms with Gasteiger partial charge in [0.15, 0.2) is 5.96 Å². The molecule has 2 rings (SSSR count). The van der Waals surface area contributed by atoms with Crippen LogP contribution >= 0.6 is 24.0 Å². The zero-order chi connectivity index (χ0) is 16.3. The molecule has 4 nitrogen and oxygen atoms in total. The van der Waals surface area contributed by atoms with E-state index in [0.29, 0.717) is 13.2 Å². The summed E-state index contributed by atoms with van der Waals surface area (Å²) in [5.74, 6) is 0.827. The summed E-state index contributed by atoms with van der Waals surface area (Å²) in [6.07, 6.45) is 0. The van der Waals surface area contributed by atoms with Crippen LogP contribution in [0.1, 0.15) is 23.6 Å². The quantitative estimate of drug-likeness (QED) is 0.393. The van der Waals surface area contributed by atoms with E-state index in [1.807, 2.05) is 24.3 Å². The molecule has 0 heterocycles. The van der Waals surface area contributed by atoms with Crippen LogP contribution in [0.4, 0.5) is 0 Å². The van der Waals surface area contributed by atoms with Crippen LogP contribution in [0.3, 0.4) is 0 Å². The van der Waals surface area contributed by atoms with Gasteiger partial charge in [0, 0.05) is 20.2 Å². The lowest BCUT2D eigenvalue weighted by atomic mass is 10.1. The summed E-state index contributed by atoms with van der Waals surface area (Å²) >= 11 is 0. The van der Waals surface area contributed by atoms with Crippen LogP contribution in [-0.4, -0.2) is 19.6 Å². The molecule has 0 saturated heterocycles. The van der Waals surface area contributed by atoms with Crippen LogP contribution in [-0.2, 0) is 24.4 Å². The molecule has 5 heteroatoms. The fourth-order valence-electron chi connectivity index (χ4n) is 2.28. The van der Waals surface area contributed by atoms with Gasteiger partial charge in [-0.05, 0) is 23.6 Å². The minimum Gasteiger partial charge on any atom is -0.380 e. The van der Waals surface area contributed by atoms with Gasteiger partial charge in [0.2, 0.25) is 0 Å². The Morgan fingerprint density at radius 2 is 1.67 bits per heavy atom. The van der Waals surface area contributed by atoms with Crippen molar-refractivity contribution < 1.29 is 4.74 Å². The Morgan fingerprint density at radius 3 is 2.38 bits per heavy atom. The highest BCUT2D eigenvalue weighted by Gasteiger charge is 1.99. The molecule has 0 aliphatic carbocycles. The second-order valence-electron chi connectivity index (χ2n) is 5.29. The monoisotopic (exact) mass is 439 g/mol. The largest absolute Gasteiger partial charge is 0.380 e. The fraction of sp³-hybridized carbons (Fsp3) is 0.316. The summed E-state index contributed by atoms with van der Waals surface area (Å²) in [5.41, 5.74) is 3.58. The summed E-state index contributed by atoms with van der Waals surface area (Å²) in [7, 11) is 1.71. The first kappa shape index (κ1) is 20.4. The van der Waals surface area contributed by atoms with Crippen molar-refractivity contribution in [2.24, 2.45) is 4.99 Å². The molecule has 0 spiro atoms. The van der Waals surface area contributed by atoms with Gasteiger partial charge in [0.1, 0.15) is 0 Å². The molecule has 0 radical (unpaired) electrons. The third-order valence-electron chi connectivity index (χ3n) is 3.37. The lowest BCUT2D eigenvalue weighted by molar-refractivity contribution is 0.185. The Bertz CT molecular complexity index is 617. The minimum absolute atomic E-state index is 0. The van der Waals surface area contributed by atoms with E-state index in [9.17, 15) is 0 Å². The minimum atomic E-state index is 0. The summed E-state index contributed by atoms with van der Waals surface area (Å²) in [6.45, 7) is 4.94. The third-order valence-corrected chi connectivity index (χ3v) is 3.37. The highest BCUT2D eigenvalue weighted by Crippen LogP contribution is 2.07. The summed E-state index contributed by atoms with van der Waals surface area (Å²) in [4.78, 5) is 4.65. The van der Waals surface area contributed by atoms with E-state index < -0.39 is 0 Å². The van der Waals surface area contributed by atoms with Gasteiger partial charge in [0.25, 0.3) is 0 Å². The van der Waals surface area contributed by atoms with Gasteiger partial charge < -0.3 is 15.4 Å². The molecule has 0 aromatic heterocycles. The molecule has 0 fully saturated rings. The molecule has 2 aromatic carbocycles. The molecule has 0 aliphatic heterocycles. The van der Waals surface area contributed by atoms with E-state index >= 15 is 0 Å². The summed E-state index contributed by atoms with van der Waals surface area (Å²) < 4.78 is 5.17. The van der Waals surface area contributed by atoms with E-state index in [1.165, 1.54) is 16.7 Å². The molecule has 0 saturated carbocycles. The number of hydrogen-bond donors (Lipinski definition) is 2. The van der Waals surface area contributed by atoms with Crippen molar-refractivity contribution in [1.82, 2.24) is 10.6 Å². The number of rotatable bonds is 7. The predicted octanol–water partition coefficient (Wildman–Crippen LogP) is 3.71. The summed E-state index contributed by atoms with van der Waals surface area (Å²) in [5, 5.41) is 6.64. The maximum Gasteiger partial charge on any atom is 0.191 e. The first-order chi connectivity index (χ1) is 11.3. The van der Waals surface area contributed by atoms with Crippen LogP contribution in [0.25, 0.3) is 0 Å². The van der Waals surface area contributed by atoms with E-state index in [1.54, 1.807) is 7.11 Å². The van der Waals surface area contributed by atoms with E-state index in [0.717, 1.165) is 19.0 Å². The van der Waals surface area contributed by atoms with Gasteiger partial charge in [-0.1, -0.05) is 54.6 Å². The maximum absolute atomic E-state index is 5.17. The Hall–Kier alpha value is -1.60. The molecule has 0 amide bonds. The van der Waals surface area contributed by atoms with E-state index in [-0.39, 0.29) is 24.0 Å². The Kier molecular flexibility index (Phi) is 10.1. The highest BCUT2D eigenvalue weighted by atomic mass is 127. The summed E-state index contributed by atoms with van der Waals surface area (Å²) in [6, 6.07) is 18.6. The number of nitrogens with one attached hydrogen (secondary N) is 2. The number of methoxy groups -OCH3 is 1. The Balaban J connectivity index is 0.00000288. The Labute approximate surface area is 161 Å². The van der Waals surface area contributed by atoms with Crippen LogP contribution in [0.15, 0.2) is 59.6 Å². The fourth-order valence-corrected chi connectivity index (χ4v) is 2.28. The number of guanidine groups is 1. The Morgan fingerprint density at radius 1 is 0.958 bits per heavy atom.